The molecule has 0 spiro atoms. The van der Waals surface area contributed by atoms with Crippen molar-refractivity contribution in [3.05, 3.63) is 34.9 Å². The lowest BCUT2D eigenvalue weighted by Crippen LogP contribution is -2.53. The van der Waals surface area contributed by atoms with E-state index in [4.69, 9.17) is 16.3 Å². The number of halogens is 1. The zero-order valence-electron chi connectivity index (χ0n) is 16.1. The zero-order valence-corrected chi connectivity index (χ0v) is 16.9. The molecule has 152 valence electrons. The van der Waals surface area contributed by atoms with Crippen molar-refractivity contribution in [2.24, 2.45) is 5.92 Å². The minimum atomic E-state index is -0.319. The smallest absolute Gasteiger partial charge is 0.409 e. The molecular formula is C20H26ClN3O4. The Hall–Kier alpha value is -2.28. The monoisotopic (exact) mass is 407 g/mol. The van der Waals surface area contributed by atoms with Crippen LogP contribution in [0.1, 0.15) is 30.1 Å². The van der Waals surface area contributed by atoms with Crippen molar-refractivity contribution in [2.75, 3.05) is 45.9 Å². The van der Waals surface area contributed by atoms with Crippen molar-refractivity contribution in [3.8, 4) is 0 Å². The van der Waals surface area contributed by atoms with Gasteiger partial charge in [-0.1, -0.05) is 23.7 Å². The summed E-state index contributed by atoms with van der Waals surface area (Å²) in [5.41, 5.74) is 0.504. The van der Waals surface area contributed by atoms with Gasteiger partial charge in [0.1, 0.15) is 0 Å². The summed E-state index contributed by atoms with van der Waals surface area (Å²) in [6.07, 6.45) is 0.973. The lowest BCUT2D eigenvalue weighted by molar-refractivity contribution is -0.138. The largest absolute Gasteiger partial charge is 0.450 e. The summed E-state index contributed by atoms with van der Waals surface area (Å²) in [4.78, 5) is 42.5. The van der Waals surface area contributed by atoms with Gasteiger partial charge in [-0.15, -0.1) is 0 Å². The lowest BCUT2D eigenvalue weighted by Gasteiger charge is -2.38. The van der Waals surface area contributed by atoms with Gasteiger partial charge in [-0.2, -0.15) is 0 Å². The molecule has 0 aliphatic carbocycles. The Morgan fingerprint density at radius 3 is 2.18 bits per heavy atom. The van der Waals surface area contributed by atoms with Gasteiger partial charge >= 0.3 is 6.09 Å². The Labute approximate surface area is 170 Å². The third kappa shape index (κ3) is 4.58. The number of rotatable bonds is 3. The Morgan fingerprint density at radius 2 is 1.57 bits per heavy atom. The molecule has 3 amide bonds. The van der Waals surface area contributed by atoms with Crippen LogP contribution in [0.2, 0.25) is 5.02 Å². The third-order valence-corrected chi connectivity index (χ3v) is 5.68. The molecule has 0 N–H and O–H groups in total. The summed E-state index contributed by atoms with van der Waals surface area (Å²) in [5.74, 6) is -0.0441. The Morgan fingerprint density at radius 1 is 0.964 bits per heavy atom. The molecule has 8 heteroatoms. The van der Waals surface area contributed by atoms with Gasteiger partial charge in [0.2, 0.25) is 5.91 Å². The summed E-state index contributed by atoms with van der Waals surface area (Å²) in [6.45, 7) is 5.26. The van der Waals surface area contributed by atoms with Gasteiger partial charge in [-0.25, -0.2) is 4.79 Å². The second-order valence-electron chi connectivity index (χ2n) is 7.06. The number of hydrogen-bond donors (Lipinski definition) is 0. The van der Waals surface area contributed by atoms with Crippen molar-refractivity contribution in [3.63, 3.8) is 0 Å². The van der Waals surface area contributed by atoms with Crippen LogP contribution in [0.15, 0.2) is 24.3 Å². The van der Waals surface area contributed by atoms with E-state index < -0.39 is 0 Å². The quantitative estimate of drug-likeness (QED) is 0.771. The molecule has 7 nitrogen and oxygen atoms in total. The van der Waals surface area contributed by atoms with Gasteiger partial charge in [-0.05, 0) is 31.9 Å². The summed E-state index contributed by atoms with van der Waals surface area (Å²) in [5, 5.41) is 0.449. The minimum absolute atomic E-state index is 0.0792. The number of nitrogens with zero attached hydrogens (tertiary/aromatic N) is 3. The maximum atomic E-state index is 12.8. The van der Waals surface area contributed by atoms with Crippen LogP contribution in [0.4, 0.5) is 4.79 Å². The summed E-state index contributed by atoms with van der Waals surface area (Å²) < 4.78 is 5.01. The number of carbonyl (C=O) groups is 3. The molecule has 0 radical (unpaired) electrons. The van der Waals surface area contributed by atoms with E-state index in [1.165, 1.54) is 0 Å². The summed E-state index contributed by atoms with van der Waals surface area (Å²) in [6, 6.07) is 7.03. The first-order valence-corrected chi connectivity index (χ1v) is 10.1. The molecule has 0 atom stereocenters. The third-order valence-electron chi connectivity index (χ3n) is 5.35. The van der Waals surface area contributed by atoms with Gasteiger partial charge in [0, 0.05) is 45.2 Å². The minimum Gasteiger partial charge on any atom is -0.450 e. The molecule has 1 aromatic carbocycles. The van der Waals surface area contributed by atoms with Crippen molar-refractivity contribution in [2.45, 2.75) is 19.8 Å². The second kappa shape index (κ2) is 9.28. The molecule has 0 aromatic heterocycles. The van der Waals surface area contributed by atoms with E-state index in [1.54, 1.807) is 41.0 Å². The Balaban J connectivity index is 1.49. The first-order valence-electron chi connectivity index (χ1n) is 9.75. The molecule has 28 heavy (non-hydrogen) atoms. The SMILES string of the molecule is CCOC(=O)N1CCN(C(=O)C2CCN(C(=O)c3ccccc3Cl)CC2)CC1. The van der Waals surface area contributed by atoms with Crippen LogP contribution in [-0.2, 0) is 9.53 Å². The summed E-state index contributed by atoms with van der Waals surface area (Å²) in [7, 11) is 0. The lowest BCUT2D eigenvalue weighted by atomic mass is 9.94. The van der Waals surface area contributed by atoms with Crippen LogP contribution in [0.5, 0.6) is 0 Å². The molecule has 2 fully saturated rings. The molecule has 2 aliphatic heterocycles. The normalized spacial score (nSPS) is 18.1. The molecule has 2 saturated heterocycles. The number of amides is 3. The van der Waals surface area contributed by atoms with Gasteiger partial charge in [0.05, 0.1) is 17.2 Å². The number of hydrogen-bond acceptors (Lipinski definition) is 4. The second-order valence-corrected chi connectivity index (χ2v) is 7.46. The van der Waals surface area contributed by atoms with E-state index in [0.717, 1.165) is 0 Å². The van der Waals surface area contributed by atoms with Crippen LogP contribution >= 0.6 is 11.6 Å². The van der Waals surface area contributed by atoms with E-state index in [0.29, 0.717) is 69.3 Å². The van der Waals surface area contributed by atoms with Crippen LogP contribution in [0.25, 0.3) is 0 Å². The predicted octanol–water partition coefficient (Wildman–Crippen LogP) is 2.49. The first kappa shape index (κ1) is 20.5. The average Bonchev–Trinajstić information content (AvgIpc) is 2.73. The van der Waals surface area contributed by atoms with E-state index in [2.05, 4.69) is 0 Å². The number of likely N-dealkylation sites (tertiary alicyclic amines) is 1. The number of piperazine rings is 1. The van der Waals surface area contributed by atoms with Crippen molar-refractivity contribution >= 4 is 29.5 Å². The Bertz CT molecular complexity index is 726. The highest BCUT2D eigenvalue weighted by molar-refractivity contribution is 6.33. The van der Waals surface area contributed by atoms with Gasteiger partial charge in [0.15, 0.2) is 0 Å². The first-order chi connectivity index (χ1) is 13.5. The Kier molecular flexibility index (Phi) is 6.78. The molecule has 2 aliphatic rings. The van der Waals surface area contributed by atoms with E-state index in [9.17, 15) is 14.4 Å². The van der Waals surface area contributed by atoms with E-state index in [-0.39, 0.29) is 23.8 Å². The van der Waals surface area contributed by atoms with Crippen molar-refractivity contribution < 1.29 is 19.1 Å². The maximum absolute atomic E-state index is 12.8. The average molecular weight is 408 g/mol. The molecule has 0 saturated carbocycles. The number of carbonyl (C=O) groups excluding carboxylic acids is 3. The number of benzene rings is 1. The molecule has 1 aromatic rings. The van der Waals surface area contributed by atoms with Gasteiger partial charge in [0.25, 0.3) is 5.91 Å². The summed E-state index contributed by atoms with van der Waals surface area (Å²) >= 11 is 6.13. The van der Waals surface area contributed by atoms with Crippen LogP contribution in [-0.4, -0.2) is 78.5 Å². The number of piperidine rings is 1. The van der Waals surface area contributed by atoms with Gasteiger partial charge < -0.3 is 19.4 Å². The van der Waals surface area contributed by atoms with Gasteiger partial charge in [-0.3, -0.25) is 9.59 Å². The molecular weight excluding hydrogens is 382 g/mol. The van der Waals surface area contributed by atoms with E-state index >= 15 is 0 Å². The standard InChI is InChI=1S/C20H26ClN3O4/c1-2-28-20(27)24-13-11-23(12-14-24)18(25)15-7-9-22(10-8-15)19(26)16-5-3-4-6-17(16)21/h3-6,15H,2,7-14H2,1H3. The predicted molar refractivity (Wildman–Crippen MR) is 105 cm³/mol. The molecule has 2 heterocycles. The highest BCUT2D eigenvalue weighted by Crippen LogP contribution is 2.24. The highest BCUT2D eigenvalue weighted by Gasteiger charge is 2.33. The van der Waals surface area contributed by atoms with Crippen molar-refractivity contribution in [1.82, 2.24) is 14.7 Å². The zero-order chi connectivity index (χ0) is 20.1. The van der Waals surface area contributed by atoms with Crippen LogP contribution in [0.3, 0.4) is 0 Å². The highest BCUT2D eigenvalue weighted by atomic mass is 35.5. The van der Waals surface area contributed by atoms with E-state index in [1.807, 2.05) is 4.90 Å². The fourth-order valence-corrected chi connectivity index (χ4v) is 3.93. The maximum Gasteiger partial charge on any atom is 0.409 e. The van der Waals surface area contributed by atoms with Crippen molar-refractivity contribution in [1.29, 1.82) is 0 Å². The fraction of sp³-hybridized carbons (Fsp3) is 0.550. The van der Waals surface area contributed by atoms with Crippen LogP contribution < -0.4 is 0 Å². The fourth-order valence-electron chi connectivity index (χ4n) is 3.72. The molecule has 3 rings (SSSR count). The van der Waals surface area contributed by atoms with Crippen LogP contribution in [0, 0.1) is 5.92 Å². The molecule has 0 unspecified atom stereocenters. The molecule has 0 bridgehead atoms. The number of ether oxygens (including phenoxy) is 1. The topological polar surface area (TPSA) is 70.2 Å².